The molecular formula is C14H16ClN5O5S. The summed E-state index contributed by atoms with van der Waals surface area (Å²) in [5.74, 6) is 0.0361. The van der Waals surface area contributed by atoms with Crippen LogP contribution in [0.15, 0.2) is 17.0 Å². The number of anilines is 1. The third-order valence-corrected chi connectivity index (χ3v) is 4.78. The van der Waals surface area contributed by atoms with Crippen LogP contribution in [0.5, 0.6) is 11.6 Å². The normalized spacial score (nSPS) is 11.0. The third kappa shape index (κ3) is 4.49. The molecule has 0 bridgehead atoms. The van der Waals surface area contributed by atoms with E-state index < -0.39 is 20.9 Å². The largest absolute Gasteiger partial charge is 0.495 e. The van der Waals surface area contributed by atoms with Crippen LogP contribution in [-0.2, 0) is 10.0 Å². The molecule has 2 aromatic rings. The highest BCUT2D eigenvalue weighted by Gasteiger charge is 2.27. The van der Waals surface area contributed by atoms with Crippen molar-refractivity contribution >= 4 is 33.6 Å². The van der Waals surface area contributed by atoms with Crippen LogP contribution in [0.25, 0.3) is 0 Å². The Morgan fingerprint density at radius 1 is 1.08 bits per heavy atom. The van der Waals surface area contributed by atoms with Crippen molar-refractivity contribution in [3.63, 3.8) is 0 Å². The lowest BCUT2D eigenvalue weighted by atomic mass is 10.3. The Morgan fingerprint density at radius 3 is 2.35 bits per heavy atom. The van der Waals surface area contributed by atoms with Gasteiger partial charge in [0.05, 0.1) is 14.2 Å². The lowest BCUT2D eigenvalue weighted by Crippen LogP contribution is -2.35. The molecule has 0 aliphatic rings. The number of halogens is 1. The molecule has 0 radical (unpaired) electrons. The maximum Gasteiger partial charge on any atom is 0.335 e. The van der Waals surface area contributed by atoms with Crippen molar-refractivity contribution in [3.8, 4) is 11.6 Å². The van der Waals surface area contributed by atoms with E-state index in [2.05, 4.69) is 20.3 Å². The fourth-order valence-corrected chi connectivity index (χ4v) is 3.59. The molecular weight excluding hydrogens is 386 g/mol. The maximum atomic E-state index is 12.5. The summed E-state index contributed by atoms with van der Waals surface area (Å²) in [6.45, 7) is 3.28. The van der Waals surface area contributed by atoms with Gasteiger partial charge in [-0.3, -0.25) is 5.32 Å². The number of nitrogens with one attached hydrogen (secondary N) is 2. The number of urea groups is 1. The monoisotopic (exact) mass is 401 g/mol. The van der Waals surface area contributed by atoms with E-state index in [0.717, 1.165) is 0 Å². The minimum absolute atomic E-state index is 0.0451. The van der Waals surface area contributed by atoms with Gasteiger partial charge in [-0.15, -0.1) is 0 Å². The standard InChI is InChI=1S/C14H16ClN5O5S/c1-7-5-9(24-3)11(12(15)16-7)26(22,23)20-14(21)19-13-17-8(2)6-10(18-13)25-4/h5-6H,1-4H3,(H2,17,18,19,20,21). The lowest BCUT2D eigenvalue weighted by molar-refractivity contribution is 0.256. The van der Waals surface area contributed by atoms with Crippen LogP contribution in [0.1, 0.15) is 11.4 Å². The van der Waals surface area contributed by atoms with Crippen molar-refractivity contribution in [1.82, 2.24) is 19.7 Å². The van der Waals surface area contributed by atoms with Crippen LogP contribution < -0.4 is 19.5 Å². The zero-order valence-electron chi connectivity index (χ0n) is 14.3. The number of aromatic nitrogens is 3. The minimum atomic E-state index is -4.36. The second kappa shape index (κ2) is 7.70. The summed E-state index contributed by atoms with van der Waals surface area (Å²) in [6.07, 6.45) is 0. The molecule has 0 unspecified atom stereocenters. The molecule has 140 valence electrons. The number of pyridine rings is 1. The van der Waals surface area contributed by atoms with Gasteiger partial charge in [0.2, 0.25) is 11.8 Å². The fraction of sp³-hybridized carbons (Fsp3) is 0.286. The minimum Gasteiger partial charge on any atom is -0.495 e. The van der Waals surface area contributed by atoms with Gasteiger partial charge < -0.3 is 9.47 Å². The molecule has 0 saturated carbocycles. The second-order valence-electron chi connectivity index (χ2n) is 5.02. The molecule has 2 heterocycles. The molecule has 10 nitrogen and oxygen atoms in total. The molecule has 12 heteroatoms. The van der Waals surface area contributed by atoms with Crippen LogP contribution in [0.4, 0.5) is 10.7 Å². The smallest absolute Gasteiger partial charge is 0.335 e. The first kappa shape index (κ1) is 19.7. The molecule has 0 aliphatic carbocycles. The molecule has 0 aliphatic heterocycles. The van der Waals surface area contributed by atoms with Gasteiger partial charge in [-0.05, 0) is 13.8 Å². The molecule has 0 aromatic carbocycles. The van der Waals surface area contributed by atoms with Gasteiger partial charge in [0, 0.05) is 23.5 Å². The molecule has 0 fully saturated rings. The van der Waals surface area contributed by atoms with Gasteiger partial charge in [-0.2, -0.15) is 4.98 Å². The number of hydrogen-bond acceptors (Lipinski definition) is 8. The van der Waals surface area contributed by atoms with E-state index in [4.69, 9.17) is 21.1 Å². The van der Waals surface area contributed by atoms with Crippen LogP contribution >= 0.6 is 11.6 Å². The molecule has 26 heavy (non-hydrogen) atoms. The highest BCUT2D eigenvalue weighted by molar-refractivity contribution is 7.90. The fourth-order valence-electron chi connectivity index (χ4n) is 1.99. The summed E-state index contributed by atoms with van der Waals surface area (Å²) in [7, 11) is -1.69. The lowest BCUT2D eigenvalue weighted by Gasteiger charge is -2.13. The van der Waals surface area contributed by atoms with Crippen molar-refractivity contribution in [2.45, 2.75) is 18.7 Å². The first-order chi connectivity index (χ1) is 12.2. The van der Waals surface area contributed by atoms with Crippen molar-refractivity contribution in [3.05, 3.63) is 28.7 Å². The van der Waals surface area contributed by atoms with E-state index in [9.17, 15) is 13.2 Å². The third-order valence-electron chi connectivity index (χ3n) is 3.01. The zero-order chi connectivity index (χ0) is 19.5. The van der Waals surface area contributed by atoms with Gasteiger partial charge in [0.25, 0.3) is 10.0 Å². The predicted molar refractivity (Wildman–Crippen MR) is 93.2 cm³/mol. The quantitative estimate of drug-likeness (QED) is 0.723. The maximum absolute atomic E-state index is 12.5. The topological polar surface area (TPSA) is 132 Å². The first-order valence-electron chi connectivity index (χ1n) is 7.11. The molecule has 2 N–H and O–H groups in total. The Bertz CT molecular complexity index is 951. The van der Waals surface area contributed by atoms with Crippen molar-refractivity contribution < 1.29 is 22.7 Å². The molecule has 2 aromatic heterocycles. The number of hydrogen-bond donors (Lipinski definition) is 2. The summed E-state index contributed by atoms with van der Waals surface area (Å²) in [5.41, 5.74) is 0.970. The Kier molecular flexibility index (Phi) is 5.83. The molecule has 0 saturated heterocycles. The van der Waals surface area contributed by atoms with E-state index in [1.165, 1.54) is 20.3 Å². The first-order valence-corrected chi connectivity index (χ1v) is 8.97. The van der Waals surface area contributed by atoms with Gasteiger partial charge >= 0.3 is 6.03 Å². The average molecular weight is 402 g/mol. The summed E-state index contributed by atoms with van der Waals surface area (Å²) in [5, 5.41) is 1.89. The van der Waals surface area contributed by atoms with Crippen molar-refractivity contribution in [1.29, 1.82) is 0 Å². The van der Waals surface area contributed by atoms with Gasteiger partial charge in [-0.1, -0.05) is 11.6 Å². The van der Waals surface area contributed by atoms with Crippen LogP contribution in [-0.4, -0.2) is 43.6 Å². The number of rotatable bonds is 5. The second-order valence-corrected chi connectivity index (χ2v) is 7.00. The van der Waals surface area contributed by atoms with E-state index >= 15 is 0 Å². The number of methoxy groups -OCH3 is 2. The molecule has 2 amide bonds. The van der Waals surface area contributed by atoms with Crippen molar-refractivity contribution in [2.75, 3.05) is 19.5 Å². The molecule has 0 spiro atoms. The SMILES string of the molecule is COc1cc(C)nc(NC(=O)NS(=O)(=O)c2c(OC)cc(C)nc2Cl)n1. The zero-order valence-corrected chi connectivity index (χ0v) is 15.9. The van der Waals surface area contributed by atoms with Gasteiger partial charge in [-0.25, -0.2) is 27.9 Å². The van der Waals surface area contributed by atoms with E-state index in [1.54, 1.807) is 19.9 Å². The number of aryl methyl sites for hydroxylation is 2. The number of nitrogens with zero attached hydrogens (tertiary/aromatic N) is 3. The van der Waals surface area contributed by atoms with Crippen LogP contribution in [0.3, 0.4) is 0 Å². The van der Waals surface area contributed by atoms with E-state index in [-0.39, 0.29) is 22.7 Å². The van der Waals surface area contributed by atoms with Crippen LogP contribution in [0, 0.1) is 13.8 Å². The van der Waals surface area contributed by atoms with Crippen LogP contribution in [0.2, 0.25) is 5.15 Å². The number of carbonyl (C=O) groups excluding carboxylic acids is 1. The predicted octanol–water partition coefficient (Wildman–Crippen LogP) is 1.67. The number of sulfonamides is 1. The number of amides is 2. The summed E-state index contributed by atoms with van der Waals surface area (Å²) >= 11 is 5.92. The molecule has 0 atom stereocenters. The van der Waals surface area contributed by atoms with E-state index in [1.807, 2.05) is 4.72 Å². The Balaban J connectivity index is 2.27. The summed E-state index contributed by atoms with van der Waals surface area (Å²) in [6, 6.07) is 1.84. The van der Waals surface area contributed by atoms with Gasteiger partial charge in [0.1, 0.15) is 5.75 Å². The number of carbonyl (C=O) groups is 1. The van der Waals surface area contributed by atoms with Crippen molar-refractivity contribution in [2.24, 2.45) is 0 Å². The highest BCUT2D eigenvalue weighted by Crippen LogP contribution is 2.30. The number of ether oxygens (including phenoxy) is 2. The average Bonchev–Trinajstić information content (AvgIpc) is 2.52. The van der Waals surface area contributed by atoms with Gasteiger partial charge in [0.15, 0.2) is 10.0 Å². The Labute approximate surface area is 155 Å². The summed E-state index contributed by atoms with van der Waals surface area (Å²) in [4.78, 5) is 23.3. The Hall–Kier alpha value is -2.66. The summed E-state index contributed by atoms with van der Waals surface area (Å²) < 4.78 is 36.8. The van der Waals surface area contributed by atoms with E-state index in [0.29, 0.717) is 11.4 Å². The highest BCUT2D eigenvalue weighted by atomic mass is 35.5. The Morgan fingerprint density at radius 2 is 1.73 bits per heavy atom. The molecule has 2 rings (SSSR count).